The molecule has 0 aromatic carbocycles. The molecule has 2 heteroatoms. The van der Waals surface area contributed by atoms with Crippen molar-refractivity contribution < 1.29 is 4.39 Å². The lowest BCUT2D eigenvalue weighted by Crippen LogP contribution is -2.25. The summed E-state index contributed by atoms with van der Waals surface area (Å²) in [5.41, 5.74) is 0. The molecule has 2 aliphatic carbocycles. The van der Waals surface area contributed by atoms with Gasteiger partial charge in [0.1, 0.15) is 6.07 Å². The first-order chi connectivity index (χ1) is 10.2. The van der Waals surface area contributed by atoms with E-state index < -0.39 is 5.83 Å². The van der Waals surface area contributed by atoms with Crippen molar-refractivity contribution in [3.8, 4) is 6.07 Å². The van der Waals surface area contributed by atoms with E-state index >= 15 is 0 Å². The van der Waals surface area contributed by atoms with Crippen LogP contribution in [0.25, 0.3) is 0 Å². The molecule has 2 rings (SSSR count). The van der Waals surface area contributed by atoms with Crippen LogP contribution in [0.4, 0.5) is 4.39 Å². The lowest BCUT2D eigenvalue weighted by Gasteiger charge is -2.37. The average Bonchev–Trinajstić information content (AvgIpc) is 2.54. The second-order valence-electron chi connectivity index (χ2n) is 7.22. The average molecular weight is 291 g/mol. The Bertz CT molecular complexity index is 366. The molecule has 0 radical (unpaired) electrons. The summed E-state index contributed by atoms with van der Waals surface area (Å²) in [6, 6.07) is 1.60. The highest BCUT2D eigenvalue weighted by atomic mass is 19.1. The van der Waals surface area contributed by atoms with Gasteiger partial charge >= 0.3 is 0 Å². The maximum Gasteiger partial charge on any atom is 0.196 e. The molecule has 0 heterocycles. The Labute approximate surface area is 129 Å². The van der Waals surface area contributed by atoms with E-state index in [4.69, 9.17) is 5.26 Å². The monoisotopic (exact) mass is 291 g/mol. The third kappa shape index (κ3) is 5.13. The molecule has 0 atom stereocenters. The number of hydrogen-bond donors (Lipinski definition) is 0. The fraction of sp³-hybridized carbons (Fsp3) is 0.842. The van der Waals surface area contributed by atoms with E-state index in [1.165, 1.54) is 57.8 Å². The lowest BCUT2D eigenvalue weighted by atomic mass is 9.68. The molecule has 0 saturated heterocycles. The van der Waals surface area contributed by atoms with Gasteiger partial charge in [0.15, 0.2) is 5.83 Å². The van der Waals surface area contributed by atoms with Crippen LogP contribution in [-0.4, -0.2) is 0 Å². The van der Waals surface area contributed by atoms with E-state index in [9.17, 15) is 4.39 Å². The molecule has 0 bridgehead atoms. The number of unbranched alkanes of at least 4 members (excludes halogenated alkanes) is 1. The quantitative estimate of drug-likeness (QED) is 0.556. The molecule has 0 aromatic rings. The van der Waals surface area contributed by atoms with Crippen LogP contribution in [0.2, 0.25) is 0 Å². The smallest absolute Gasteiger partial charge is 0.195 e. The fourth-order valence-electron chi connectivity index (χ4n) is 4.47. The minimum atomic E-state index is -0.588. The second kappa shape index (κ2) is 8.57. The topological polar surface area (TPSA) is 23.8 Å². The van der Waals surface area contributed by atoms with Crippen molar-refractivity contribution in [2.24, 2.45) is 23.7 Å². The van der Waals surface area contributed by atoms with Crippen LogP contribution >= 0.6 is 0 Å². The fourth-order valence-corrected chi connectivity index (χ4v) is 4.47. The summed E-state index contributed by atoms with van der Waals surface area (Å²) in [6.07, 6.45) is 16.1. The summed E-state index contributed by atoms with van der Waals surface area (Å²) in [5, 5.41) is 8.51. The van der Waals surface area contributed by atoms with Gasteiger partial charge in [-0.05, 0) is 68.3 Å². The summed E-state index contributed by atoms with van der Waals surface area (Å²) < 4.78 is 13.0. The van der Waals surface area contributed by atoms with Gasteiger partial charge in [-0.15, -0.1) is 0 Å². The second-order valence-corrected chi connectivity index (χ2v) is 7.22. The van der Waals surface area contributed by atoms with E-state index in [0.717, 1.165) is 30.6 Å². The molecular formula is C19H30FN. The Hall–Kier alpha value is -0.840. The zero-order valence-corrected chi connectivity index (χ0v) is 13.5. The first kappa shape index (κ1) is 16.5. The lowest BCUT2D eigenvalue weighted by molar-refractivity contribution is 0.151. The Balaban J connectivity index is 1.71. The maximum absolute atomic E-state index is 13.0. The van der Waals surface area contributed by atoms with Crippen LogP contribution in [0.3, 0.4) is 0 Å². The first-order valence-electron chi connectivity index (χ1n) is 9.00. The number of hydrogen-bond acceptors (Lipinski definition) is 1. The van der Waals surface area contributed by atoms with Gasteiger partial charge in [-0.25, -0.2) is 0 Å². The van der Waals surface area contributed by atoms with E-state index in [2.05, 4.69) is 6.92 Å². The van der Waals surface area contributed by atoms with Crippen LogP contribution in [0.15, 0.2) is 11.9 Å². The van der Waals surface area contributed by atoms with Gasteiger partial charge in [0.25, 0.3) is 0 Å². The molecule has 0 aliphatic heterocycles. The minimum Gasteiger partial charge on any atom is -0.195 e. The molecule has 118 valence electrons. The van der Waals surface area contributed by atoms with E-state index in [-0.39, 0.29) is 0 Å². The largest absolute Gasteiger partial charge is 0.196 e. The van der Waals surface area contributed by atoms with Crippen LogP contribution in [-0.2, 0) is 0 Å². The first-order valence-corrected chi connectivity index (χ1v) is 9.00. The van der Waals surface area contributed by atoms with Crippen molar-refractivity contribution in [1.29, 1.82) is 5.26 Å². The third-order valence-corrected chi connectivity index (χ3v) is 5.83. The summed E-state index contributed by atoms with van der Waals surface area (Å²) in [7, 11) is 0. The predicted molar refractivity (Wildman–Crippen MR) is 85.2 cm³/mol. The van der Waals surface area contributed by atoms with Crippen molar-refractivity contribution >= 4 is 0 Å². The molecule has 0 N–H and O–H groups in total. The Kier molecular flexibility index (Phi) is 6.74. The summed E-state index contributed by atoms with van der Waals surface area (Å²) in [6.45, 7) is 2.29. The van der Waals surface area contributed by atoms with Gasteiger partial charge in [0, 0.05) is 0 Å². The maximum atomic E-state index is 13.0. The number of nitrogens with zero attached hydrogens (tertiary/aromatic N) is 1. The van der Waals surface area contributed by atoms with Crippen molar-refractivity contribution in [2.75, 3.05) is 0 Å². The molecule has 2 fully saturated rings. The minimum absolute atomic E-state index is 0.307. The van der Waals surface area contributed by atoms with Crippen molar-refractivity contribution in [1.82, 2.24) is 0 Å². The Morgan fingerprint density at radius 2 is 1.62 bits per heavy atom. The van der Waals surface area contributed by atoms with E-state index in [0.29, 0.717) is 5.92 Å². The highest BCUT2D eigenvalue weighted by Crippen LogP contribution is 2.42. The Morgan fingerprint density at radius 3 is 2.14 bits per heavy atom. The molecule has 1 nitrogen and oxygen atoms in total. The van der Waals surface area contributed by atoms with E-state index in [1.807, 2.05) is 0 Å². The molecule has 2 saturated carbocycles. The molecule has 0 aromatic heterocycles. The van der Waals surface area contributed by atoms with Crippen LogP contribution in [0, 0.1) is 35.0 Å². The van der Waals surface area contributed by atoms with Gasteiger partial charge in [0.05, 0.1) is 0 Å². The Morgan fingerprint density at radius 1 is 1.05 bits per heavy atom. The number of nitriles is 1. The molecular weight excluding hydrogens is 261 g/mol. The zero-order chi connectivity index (χ0) is 15.1. The van der Waals surface area contributed by atoms with Crippen molar-refractivity contribution in [2.45, 2.75) is 77.6 Å². The number of rotatable bonds is 5. The van der Waals surface area contributed by atoms with Crippen LogP contribution in [0.1, 0.15) is 77.6 Å². The van der Waals surface area contributed by atoms with Crippen LogP contribution < -0.4 is 0 Å². The van der Waals surface area contributed by atoms with Gasteiger partial charge in [-0.3, -0.25) is 0 Å². The molecule has 0 unspecified atom stereocenters. The standard InChI is InChI=1S/C19H30FN/c1-2-3-4-15-5-9-17(10-6-15)18-11-7-16(8-12-18)13-19(20)14-21/h13,15-18H,2-12H2,1H3/b19-13+/t15-,16?,17-,18?. The van der Waals surface area contributed by atoms with Gasteiger partial charge < -0.3 is 0 Å². The van der Waals surface area contributed by atoms with Gasteiger partial charge in [0.2, 0.25) is 0 Å². The highest BCUT2D eigenvalue weighted by molar-refractivity contribution is 5.13. The summed E-state index contributed by atoms with van der Waals surface area (Å²) in [5.74, 6) is 2.50. The SMILES string of the molecule is CCCC[C@H]1CC[C@H](C2CCC(/C=C(/F)C#N)CC2)CC1. The van der Waals surface area contributed by atoms with Crippen molar-refractivity contribution in [3.05, 3.63) is 11.9 Å². The number of allylic oxidation sites excluding steroid dienone is 2. The predicted octanol–water partition coefficient (Wildman–Crippen LogP) is 6.17. The highest BCUT2D eigenvalue weighted by Gasteiger charge is 2.30. The number of halogens is 1. The van der Waals surface area contributed by atoms with Gasteiger partial charge in [-0.2, -0.15) is 9.65 Å². The summed E-state index contributed by atoms with van der Waals surface area (Å²) >= 11 is 0. The zero-order valence-electron chi connectivity index (χ0n) is 13.5. The normalized spacial score (nSPS) is 34.4. The molecule has 2 aliphatic rings. The summed E-state index contributed by atoms with van der Waals surface area (Å²) in [4.78, 5) is 0. The molecule has 21 heavy (non-hydrogen) atoms. The van der Waals surface area contributed by atoms with E-state index in [1.54, 1.807) is 12.1 Å². The molecule has 0 spiro atoms. The molecule has 0 amide bonds. The third-order valence-electron chi connectivity index (χ3n) is 5.83. The van der Waals surface area contributed by atoms with Gasteiger partial charge in [-0.1, -0.05) is 39.0 Å². The van der Waals surface area contributed by atoms with Crippen molar-refractivity contribution in [3.63, 3.8) is 0 Å². The van der Waals surface area contributed by atoms with Crippen LogP contribution in [0.5, 0.6) is 0 Å².